The lowest BCUT2D eigenvalue weighted by molar-refractivity contribution is -0.145. The van der Waals surface area contributed by atoms with Crippen molar-refractivity contribution >= 4 is 47.4 Å². The summed E-state index contributed by atoms with van der Waals surface area (Å²) in [5, 5.41) is 33.2. The monoisotopic (exact) mass is 902 g/mol. The second kappa shape index (κ2) is 24.7. The third kappa shape index (κ3) is 15.6. The Hall–Kier alpha value is -7.03. The van der Waals surface area contributed by atoms with Gasteiger partial charge in [-0.3, -0.25) is 33.8 Å². The molecular formula is C44H62N12O9. The largest absolute Gasteiger partial charge is 0.508 e. The van der Waals surface area contributed by atoms with E-state index in [1.165, 1.54) is 36.5 Å². The molecule has 0 radical (unpaired) electrons. The van der Waals surface area contributed by atoms with E-state index in [2.05, 4.69) is 41.5 Å². The quantitative estimate of drug-likeness (QED) is 0.0295. The van der Waals surface area contributed by atoms with Crippen LogP contribution < -0.4 is 43.8 Å². The van der Waals surface area contributed by atoms with Gasteiger partial charge in [0, 0.05) is 44.2 Å². The van der Waals surface area contributed by atoms with Gasteiger partial charge in [-0.25, -0.2) is 9.78 Å². The molecule has 2 aromatic carbocycles. The molecule has 2 heterocycles. The van der Waals surface area contributed by atoms with Gasteiger partial charge in [-0.1, -0.05) is 62.7 Å². The van der Waals surface area contributed by atoms with Crippen LogP contribution in [-0.2, 0) is 52.8 Å². The number of nitrogens with two attached hydrogens (primary N) is 3. The number of aromatic nitrogens is 2. The molecule has 1 aliphatic heterocycles. The first-order valence-corrected chi connectivity index (χ1v) is 21.6. The summed E-state index contributed by atoms with van der Waals surface area (Å²) in [4.78, 5) is 107. The normalized spacial score (nSPS) is 16.6. The number of phenols is 1. The van der Waals surface area contributed by atoms with Crippen LogP contribution in [0.15, 0.2) is 72.1 Å². The molecular weight excluding hydrogens is 841 g/mol. The molecule has 0 bridgehead atoms. The third-order valence-electron chi connectivity index (χ3n) is 11.2. The average Bonchev–Trinajstić information content (AvgIpc) is 4.00. The molecule has 0 spiro atoms. The van der Waals surface area contributed by atoms with Crippen LogP contribution in [0, 0.1) is 5.92 Å². The standard InChI is InChI=1S/C44H62N12O9/c1-4-25(2)36(55-39(60)32(20-28-14-16-30(57)17-15-28)52-37(58)26(3)51-38(59)31(45)12-8-18-49-44(46)47)41(62)53-33(22-29-23-48-24-50-29)42(63)56-19-9-13-35(56)40(61)54-34(43(64)65)21-27-10-6-5-7-11-27/h5-7,10-11,14-17,23-26,31-36,57H,4,8-9,12-13,18-22,45H2,1-3H3,(H,48,50)(H,51,59)(H,52,58)(H,53,62)(H,54,61)(H,55,60)(H,64,65)(H4,46,47,49). The molecule has 6 amide bonds. The van der Waals surface area contributed by atoms with Crippen molar-refractivity contribution in [2.24, 2.45) is 28.1 Å². The number of likely N-dealkylation sites (tertiary alicyclic amines) is 1. The first-order chi connectivity index (χ1) is 31.0. The van der Waals surface area contributed by atoms with E-state index in [-0.39, 0.29) is 56.9 Å². The number of hydrogen-bond donors (Lipinski definition) is 11. The molecule has 1 fully saturated rings. The zero-order chi connectivity index (χ0) is 47.6. The Bertz CT molecular complexity index is 2100. The number of carboxylic acids is 1. The molecule has 0 aliphatic carbocycles. The number of amides is 6. The van der Waals surface area contributed by atoms with Crippen molar-refractivity contribution in [3.05, 3.63) is 83.9 Å². The molecule has 1 saturated heterocycles. The molecule has 14 N–H and O–H groups in total. The smallest absolute Gasteiger partial charge is 0.326 e. The minimum atomic E-state index is -1.29. The predicted octanol–water partition coefficient (Wildman–Crippen LogP) is -0.910. The number of imidazole rings is 1. The summed E-state index contributed by atoms with van der Waals surface area (Å²) in [6.45, 7) is 5.39. The van der Waals surface area contributed by atoms with E-state index in [9.17, 15) is 43.8 Å². The van der Waals surface area contributed by atoms with Crippen molar-refractivity contribution in [2.75, 3.05) is 13.1 Å². The van der Waals surface area contributed by atoms with E-state index < -0.39 is 89.6 Å². The van der Waals surface area contributed by atoms with Gasteiger partial charge in [0.15, 0.2) is 5.96 Å². The van der Waals surface area contributed by atoms with Crippen LogP contribution >= 0.6 is 0 Å². The first-order valence-electron chi connectivity index (χ1n) is 21.6. The number of benzene rings is 2. The molecule has 3 aromatic rings. The number of nitrogens with one attached hydrogen (secondary N) is 6. The number of phenolic OH excluding ortho intramolecular Hbond substituents is 1. The Balaban J connectivity index is 1.52. The zero-order valence-electron chi connectivity index (χ0n) is 36.9. The number of aromatic hydroxyl groups is 1. The second-order valence-electron chi connectivity index (χ2n) is 16.2. The van der Waals surface area contributed by atoms with Gasteiger partial charge in [-0.2, -0.15) is 0 Å². The molecule has 1 aromatic heterocycles. The SMILES string of the molecule is CCC(C)C(NC(=O)C(Cc1ccc(O)cc1)NC(=O)C(C)NC(=O)C(N)CCCN=C(N)N)C(=O)NC(Cc1cnc[nH]1)C(=O)N1CCCC1C(=O)NC(Cc1ccccc1)C(=O)O. The maximum atomic E-state index is 14.4. The van der Waals surface area contributed by atoms with E-state index in [1.54, 1.807) is 49.4 Å². The molecule has 8 atom stereocenters. The fourth-order valence-corrected chi connectivity index (χ4v) is 7.26. The molecule has 21 heteroatoms. The fraction of sp³-hybridized carbons (Fsp3) is 0.477. The van der Waals surface area contributed by atoms with Crippen LogP contribution in [0.5, 0.6) is 5.75 Å². The summed E-state index contributed by atoms with van der Waals surface area (Å²) in [5.74, 6) is -5.90. The lowest BCUT2D eigenvalue weighted by atomic mass is 9.96. The Kier molecular flexibility index (Phi) is 19.2. The van der Waals surface area contributed by atoms with E-state index in [0.717, 1.165) is 0 Å². The van der Waals surface area contributed by atoms with Crippen LogP contribution in [0.1, 0.15) is 69.7 Å². The van der Waals surface area contributed by atoms with Crippen molar-refractivity contribution in [3.8, 4) is 5.75 Å². The molecule has 0 saturated carbocycles. The number of carbonyl (C=O) groups excluding carboxylic acids is 6. The van der Waals surface area contributed by atoms with Gasteiger partial charge in [0.05, 0.1) is 12.4 Å². The molecule has 65 heavy (non-hydrogen) atoms. The van der Waals surface area contributed by atoms with Gasteiger partial charge < -0.3 is 63.9 Å². The summed E-state index contributed by atoms with van der Waals surface area (Å²) in [6, 6.07) is 6.61. The van der Waals surface area contributed by atoms with Crippen molar-refractivity contribution in [3.63, 3.8) is 0 Å². The minimum Gasteiger partial charge on any atom is -0.508 e. The van der Waals surface area contributed by atoms with Crippen LogP contribution in [0.3, 0.4) is 0 Å². The summed E-state index contributed by atoms with van der Waals surface area (Å²) in [7, 11) is 0. The Labute approximate surface area is 377 Å². The third-order valence-corrected chi connectivity index (χ3v) is 11.2. The Morgan fingerprint density at radius 3 is 2.12 bits per heavy atom. The first kappa shape index (κ1) is 50.6. The maximum Gasteiger partial charge on any atom is 0.326 e. The minimum absolute atomic E-state index is 0.0223. The van der Waals surface area contributed by atoms with Crippen molar-refractivity contribution < 1.29 is 43.8 Å². The van der Waals surface area contributed by atoms with E-state index >= 15 is 0 Å². The number of nitrogens with zero attached hydrogens (tertiary/aromatic N) is 3. The van der Waals surface area contributed by atoms with Gasteiger partial charge in [-0.05, 0) is 61.8 Å². The number of guanidine groups is 1. The van der Waals surface area contributed by atoms with Gasteiger partial charge in [-0.15, -0.1) is 0 Å². The summed E-state index contributed by atoms with van der Waals surface area (Å²) >= 11 is 0. The van der Waals surface area contributed by atoms with Crippen LogP contribution in [0.25, 0.3) is 0 Å². The number of carboxylic acid groups (broad SMARTS) is 1. The summed E-state index contributed by atoms with van der Waals surface area (Å²) < 4.78 is 0. The molecule has 1 aliphatic rings. The average molecular weight is 903 g/mol. The number of rotatable bonds is 24. The predicted molar refractivity (Wildman–Crippen MR) is 239 cm³/mol. The van der Waals surface area contributed by atoms with Crippen LogP contribution in [0.2, 0.25) is 0 Å². The maximum absolute atomic E-state index is 14.4. The number of carbonyl (C=O) groups is 7. The number of H-pyrrole nitrogens is 1. The second-order valence-corrected chi connectivity index (χ2v) is 16.2. The highest BCUT2D eigenvalue weighted by Gasteiger charge is 2.40. The summed E-state index contributed by atoms with van der Waals surface area (Å²) in [5.41, 5.74) is 18.4. The van der Waals surface area contributed by atoms with Gasteiger partial charge in [0.2, 0.25) is 35.4 Å². The van der Waals surface area contributed by atoms with E-state index in [0.29, 0.717) is 36.1 Å². The lowest BCUT2D eigenvalue weighted by Crippen LogP contribution is -2.61. The van der Waals surface area contributed by atoms with Gasteiger partial charge >= 0.3 is 5.97 Å². The topological polar surface area (TPSA) is 342 Å². The van der Waals surface area contributed by atoms with Crippen molar-refractivity contribution in [2.45, 2.75) is 114 Å². The molecule has 4 rings (SSSR count). The van der Waals surface area contributed by atoms with E-state index in [4.69, 9.17) is 17.2 Å². The van der Waals surface area contributed by atoms with Gasteiger partial charge in [0.1, 0.15) is 42.0 Å². The number of hydrogen-bond acceptors (Lipinski definition) is 11. The van der Waals surface area contributed by atoms with Crippen molar-refractivity contribution in [1.82, 2.24) is 41.5 Å². The highest BCUT2D eigenvalue weighted by Crippen LogP contribution is 2.21. The fourth-order valence-electron chi connectivity index (χ4n) is 7.26. The van der Waals surface area contributed by atoms with Gasteiger partial charge in [0.25, 0.3) is 0 Å². The highest BCUT2D eigenvalue weighted by molar-refractivity contribution is 5.97. The molecule has 8 unspecified atom stereocenters. The molecule has 352 valence electrons. The Morgan fingerprint density at radius 1 is 0.831 bits per heavy atom. The number of aliphatic imine (C=N–C) groups is 1. The van der Waals surface area contributed by atoms with Crippen molar-refractivity contribution in [1.29, 1.82) is 0 Å². The number of aromatic amines is 1. The van der Waals surface area contributed by atoms with Crippen LogP contribution in [-0.4, -0.2) is 128 Å². The lowest BCUT2D eigenvalue weighted by Gasteiger charge is -2.31. The van der Waals surface area contributed by atoms with Crippen LogP contribution in [0.4, 0.5) is 0 Å². The number of aliphatic carboxylic acids is 1. The Morgan fingerprint density at radius 2 is 1.49 bits per heavy atom. The summed E-state index contributed by atoms with van der Waals surface area (Å²) in [6.07, 6.45) is 4.52. The highest BCUT2D eigenvalue weighted by atomic mass is 16.4. The zero-order valence-corrected chi connectivity index (χ0v) is 36.9. The van der Waals surface area contributed by atoms with E-state index in [1.807, 2.05) is 6.92 Å². The molecule has 21 nitrogen and oxygen atoms in total.